The Hall–Kier alpha value is -2.62. The van der Waals surface area contributed by atoms with Crippen LogP contribution >= 0.6 is 0 Å². The number of carboxylic acids is 1. The Morgan fingerprint density at radius 3 is 2.36 bits per heavy atom. The zero-order valence-electron chi connectivity index (χ0n) is 12.7. The van der Waals surface area contributed by atoms with E-state index in [0.717, 1.165) is 11.1 Å². The summed E-state index contributed by atoms with van der Waals surface area (Å²) in [5.74, 6) is -2.14. The molecule has 1 atom stereocenters. The van der Waals surface area contributed by atoms with Gasteiger partial charge in [-0.25, -0.2) is 0 Å². The molecule has 22 heavy (non-hydrogen) atoms. The van der Waals surface area contributed by atoms with Crippen molar-refractivity contribution in [3.63, 3.8) is 0 Å². The Labute approximate surface area is 129 Å². The Balaban J connectivity index is 2.10. The van der Waals surface area contributed by atoms with E-state index < -0.39 is 11.9 Å². The first kappa shape index (κ1) is 15.8. The minimum Gasteiger partial charge on any atom is -0.481 e. The highest BCUT2D eigenvalue weighted by Crippen LogP contribution is 2.22. The number of nitrogens with one attached hydrogen (secondary N) is 1. The fourth-order valence-electron chi connectivity index (χ4n) is 2.37. The SMILES string of the molecule is Cc1ccc(NC(=O)CC(C(=O)O)c2ccccc2)c(C)c1. The highest BCUT2D eigenvalue weighted by Gasteiger charge is 2.23. The van der Waals surface area contributed by atoms with Crippen molar-refractivity contribution in [2.45, 2.75) is 26.2 Å². The number of hydrogen-bond donors (Lipinski definition) is 2. The molecule has 114 valence electrons. The molecule has 0 saturated heterocycles. The first-order valence-corrected chi connectivity index (χ1v) is 7.12. The molecule has 0 saturated carbocycles. The summed E-state index contributed by atoms with van der Waals surface area (Å²) in [6.07, 6.45) is -0.0906. The third-order valence-corrected chi connectivity index (χ3v) is 3.55. The largest absolute Gasteiger partial charge is 0.481 e. The minimum absolute atomic E-state index is 0.0906. The van der Waals surface area contributed by atoms with Crippen molar-refractivity contribution in [3.05, 3.63) is 65.2 Å². The van der Waals surface area contributed by atoms with Crippen LogP contribution in [0.25, 0.3) is 0 Å². The molecule has 0 radical (unpaired) electrons. The van der Waals surface area contributed by atoms with E-state index in [0.29, 0.717) is 11.3 Å². The Morgan fingerprint density at radius 2 is 1.77 bits per heavy atom. The van der Waals surface area contributed by atoms with E-state index in [9.17, 15) is 14.7 Å². The maximum absolute atomic E-state index is 12.2. The Kier molecular flexibility index (Phi) is 4.94. The van der Waals surface area contributed by atoms with Gasteiger partial charge < -0.3 is 10.4 Å². The van der Waals surface area contributed by atoms with Gasteiger partial charge in [0.1, 0.15) is 0 Å². The van der Waals surface area contributed by atoms with E-state index in [-0.39, 0.29) is 12.3 Å². The number of hydrogen-bond acceptors (Lipinski definition) is 2. The zero-order chi connectivity index (χ0) is 16.1. The number of anilines is 1. The molecule has 2 aromatic carbocycles. The van der Waals surface area contributed by atoms with Crippen LogP contribution in [0.1, 0.15) is 29.0 Å². The predicted octanol–water partition coefficient (Wildman–Crippen LogP) is 3.50. The van der Waals surface area contributed by atoms with Crippen molar-refractivity contribution in [1.29, 1.82) is 0 Å². The molecule has 0 fully saturated rings. The van der Waals surface area contributed by atoms with Crippen LogP contribution in [-0.2, 0) is 9.59 Å². The van der Waals surface area contributed by atoms with Gasteiger partial charge in [0.2, 0.25) is 5.91 Å². The van der Waals surface area contributed by atoms with Crippen molar-refractivity contribution in [1.82, 2.24) is 0 Å². The molecular formula is C18H19NO3. The average Bonchev–Trinajstić information content (AvgIpc) is 2.48. The van der Waals surface area contributed by atoms with Crippen molar-refractivity contribution < 1.29 is 14.7 Å². The van der Waals surface area contributed by atoms with Crippen LogP contribution in [0.3, 0.4) is 0 Å². The number of benzene rings is 2. The molecule has 0 aliphatic rings. The fourth-order valence-corrected chi connectivity index (χ4v) is 2.37. The summed E-state index contributed by atoms with van der Waals surface area (Å²) in [5.41, 5.74) is 3.42. The lowest BCUT2D eigenvalue weighted by Gasteiger charge is -2.14. The van der Waals surface area contributed by atoms with Crippen molar-refractivity contribution in [3.8, 4) is 0 Å². The molecule has 2 rings (SSSR count). The monoisotopic (exact) mass is 297 g/mol. The summed E-state index contributed by atoms with van der Waals surface area (Å²) >= 11 is 0. The van der Waals surface area contributed by atoms with Gasteiger partial charge in [-0.3, -0.25) is 9.59 Å². The average molecular weight is 297 g/mol. The number of carbonyl (C=O) groups is 2. The normalized spacial score (nSPS) is 11.7. The van der Waals surface area contributed by atoms with Gasteiger partial charge in [-0.1, -0.05) is 48.0 Å². The third kappa shape index (κ3) is 3.95. The summed E-state index contributed by atoms with van der Waals surface area (Å²) in [6, 6.07) is 14.5. The van der Waals surface area contributed by atoms with Gasteiger partial charge >= 0.3 is 5.97 Å². The fraction of sp³-hybridized carbons (Fsp3) is 0.222. The summed E-state index contributed by atoms with van der Waals surface area (Å²) < 4.78 is 0. The van der Waals surface area contributed by atoms with Gasteiger partial charge in [-0.05, 0) is 31.0 Å². The van der Waals surface area contributed by atoms with E-state index in [4.69, 9.17) is 0 Å². The molecule has 0 aliphatic heterocycles. The van der Waals surface area contributed by atoms with E-state index in [1.165, 1.54) is 0 Å². The second-order valence-electron chi connectivity index (χ2n) is 5.37. The topological polar surface area (TPSA) is 66.4 Å². The molecule has 4 nitrogen and oxygen atoms in total. The summed E-state index contributed by atoms with van der Waals surface area (Å²) in [4.78, 5) is 23.6. The maximum atomic E-state index is 12.2. The summed E-state index contributed by atoms with van der Waals surface area (Å²) in [5, 5.41) is 12.1. The standard InChI is InChI=1S/C18H19NO3/c1-12-8-9-16(13(2)10-12)19-17(20)11-15(18(21)22)14-6-4-3-5-7-14/h3-10,15H,11H2,1-2H3,(H,19,20)(H,21,22). The van der Waals surface area contributed by atoms with Gasteiger partial charge in [0.25, 0.3) is 0 Å². The lowest BCUT2D eigenvalue weighted by Crippen LogP contribution is -2.21. The first-order valence-electron chi connectivity index (χ1n) is 7.12. The van der Waals surface area contributed by atoms with Crippen LogP contribution in [0.15, 0.2) is 48.5 Å². The van der Waals surface area contributed by atoms with Gasteiger partial charge in [0.05, 0.1) is 5.92 Å². The van der Waals surface area contributed by atoms with Crippen molar-refractivity contribution in [2.24, 2.45) is 0 Å². The van der Waals surface area contributed by atoms with Crippen molar-refractivity contribution in [2.75, 3.05) is 5.32 Å². The molecule has 1 unspecified atom stereocenters. The smallest absolute Gasteiger partial charge is 0.311 e. The highest BCUT2D eigenvalue weighted by atomic mass is 16.4. The van der Waals surface area contributed by atoms with Crippen molar-refractivity contribution >= 4 is 17.6 Å². The zero-order valence-corrected chi connectivity index (χ0v) is 12.7. The number of aryl methyl sites for hydroxylation is 2. The highest BCUT2D eigenvalue weighted by molar-refractivity contribution is 5.95. The van der Waals surface area contributed by atoms with Gasteiger partial charge in [-0.15, -0.1) is 0 Å². The minimum atomic E-state index is -0.998. The van der Waals surface area contributed by atoms with Gasteiger partial charge in [0.15, 0.2) is 0 Å². The molecular weight excluding hydrogens is 278 g/mol. The van der Waals surface area contributed by atoms with E-state index >= 15 is 0 Å². The van der Waals surface area contributed by atoms with Crippen LogP contribution in [0.4, 0.5) is 5.69 Å². The van der Waals surface area contributed by atoms with E-state index in [2.05, 4.69) is 5.32 Å². The second kappa shape index (κ2) is 6.89. The van der Waals surface area contributed by atoms with Crippen LogP contribution in [0.2, 0.25) is 0 Å². The molecule has 0 heterocycles. The Bertz CT molecular complexity index is 680. The lowest BCUT2D eigenvalue weighted by atomic mass is 9.95. The second-order valence-corrected chi connectivity index (χ2v) is 5.37. The molecule has 0 spiro atoms. The molecule has 1 amide bonds. The van der Waals surface area contributed by atoms with Crippen LogP contribution in [0.5, 0.6) is 0 Å². The van der Waals surface area contributed by atoms with Crippen LogP contribution in [0, 0.1) is 13.8 Å². The number of amides is 1. The van der Waals surface area contributed by atoms with Crippen LogP contribution < -0.4 is 5.32 Å². The predicted molar refractivity (Wildman–Crippen MR) is 86.0 cm³/mol. The molecule has 0 aliphatic carbocycles. The number of aliphatic carboxylic acids is 1. The molecule has 2 N–H and O–H groups in total. The molecule has 2 aromatic rings. The molecule has 4 heteroatoms. The lowest BCUT2D eigenvalue weighted by molar-refractivity contribution is -0.140. The number of carboxylic acid groups (broad SMARTS) is 1. The maximum Gasteiger partial charge on any atom is 0.311 e. The summed E-state index contributed by atoms with van der Waals surface area (Å²) in [6.45, 7) is 3.89. The van der Waals surface area contributed by atoms with Crippen LogP contribution in [-0.4, -0.2) is 17.0 Å². The quantitative estimate of drug-likeness (QED) is 0.887. The third-order valence-electron chi connectivity index (χ3n) is 3.55. The molecule has 0 bridgehead atoms. The van der Waals surface area contributed by atoms with E-state index in [1.54, 1.807) is 24.3 Å². The number of carbonyl (C=O) groups excluding carboxylic acids is 1. The number of rotatable bonds is 5. The molecule has 0 aromatic heterocycles. The van der Waals surface area contributed by atoms with Gasteiger partial charge in [0, 0.05) is 12.1 Å². The van der Waals surface area contributed by atoms with Gasteiger partial charge in [-0.2, -0.15) is 0 Å². The Morgan fingerprint density at radius 1 is 1.09 bits per heavy atom. The summed E-state index contributed by atoms with van der Waals surface area (Å²) in [7, 11) is 0. The first-order chi connectivity index (χ1) is 10.5. The van der Waals surface area contributed by atoms with E-state index in [1.807, 2.05) is 38.1 Å².